The second-order valence-corrected chi connectivity index (χ2v) is 4.81. The summed E-state index contributed by atoms with van der Waals surface area (Å²) in [5, 5.41) is 0. The molecular weight excluding hydrogens is 263 g/mol. The maximum Gasteiger partial charge on any atom is 0.260 e. The van der Waals surface area contributed by atoms with Gasteiger partial charge in [0.2, 0.25) is 0 Å². The third-order valence-corrected chi connectivity index (χ3v) is 2.71. The zero-order valence-electron chi connectivity index (χ0n) is 6.49. The highest BCUT2D eigenvalue weighted by Gasteiger charge is 2.35. The van der Waals surface area contributed by atoms with Crippen molar-refractivity contribution < 1.29 is 8.78 Å². The van der Waals surface area contributed by atoms with Gasteiger partial charge >= 0.3 is 0 Å². The Morgan fingerprint density at radius 1 is 1.55 bits per heavy atom. The van der Waals surface area contributed by atoms with Gasteiger partial charge in [0.25, 0.3) is 5.92 Å². The quantitative estimate of drug-likeness (QED) is 0.404. The molecule has 1 aliphatic heterocycles. The van der Waals surface area contributed by atoms with Crippen molar-refractivity contribution in [1.29, 1.82) is 0 Å². The fourth-order valence-electron chi connectivity index (χ4n) is 1.30. The zero-order chi connectivity index (χ0) is 8.48. The van der Waals surface area contributed by atoms with E-state index in [1.165, 1.54) is 0 Å². The Morgan fingerprint density at radius 3 is 2.55 bits per heavy atom. The zero-order valence-corrected chi connectivity index (χ0v) is 8.64. The molecule has 11 heavy (non-hydrogen) atoms. The van der Waals surface area contributed by atoms with E-state index >= 15 is 0 Å². The lowest BCUT2D eigenvalue weighted by atomic mass is 10.1. The summed E-state index contributed by atoms with van der Waals surface area (Å²) in [5.41, 5.74) is 0. The van der Waals surface area contributed by atoms with E-state index < -0.39 is 5.92 Å². The minimum atomic E-state index is -2.45. The molecule has 0 N–H and O–H groups in total. The van der Waals surface area contributed by atoms with E-state index in [4.69, 9.17) is 0 Å². The van der Waals surface area contributed by atoms with E-state index in [9.17, 15) is 8.78 Å². The molecule has 1 saturated heterocycles. The average Bonchev–Trinajstić information content (AvgIpc) is 1.85. The van der Waals surface area contributed by atoms with Crippen LogP contribution in [0.15, 0.2) is 0 Å². The van der Waals surface area contributed by atoms with E-state index in [1.807, 2.05) is 11.8 Å². The van der Waals surface area contributed by atoms with Gasteiger partial charge in [0, 0.05) is 6.42 Å². The first kappa shape index (κ1) is 9.64. The monoisotopic (exact) mass is 275 g/mol. The fraction of sp³-hybridized carbons (Fsp3) is 1.00. The summed E-state index contributed by atoms with van der Waals surface area (Å²) in [6.07, 6.45) is 0.688. The molecule has 0 bridgehead atoms. The normalized spacial score (nSPS) is 28.4. The highest BCUT2D eigenvalue weighted by Crippen LogP contribution is 2.28. The SMILES string of the molecule is CC(I)N1CCCC(F)(F)C1. The molecule has 0 aliphatic carbocycles. The number of hydrogen-bond donors (Lipinski definition) is 0. The molecule has 1 unspecified atom stereocenters. The molecular formula is C7H12F2IN. The Hall–Kier alpha value is 0.550. The highest BCUT2D eigenvalue weighted by atomic mass is 127. The molecule has 1 heterocycles. The number of hydrogen-bond acceptors (Lipinski definition) is 1. The van der Waals surface area contributed by atoms with Gasteiger partial charge < -0.3 is 0 Å². The molecule has 1 atom stereocenters. The van der Waals surface area contributed by atoms with Crippen molar-refractivity contribution >= 4 is 22.6 Å². The summed E-state index contributed by atoms with van der Waals surface area (Å²) in [7, 11) is 0. The second kappa shape index (κ2) is 3.51. The third kappa shape index (κ3) is 2.82. The van der Waals surface area contributed by atoms with Crippen LogP contribution in [0, 0.1) is 0 Å². The Bertz CT molecular complexity index is 138. The van der Waals surface area contributed by atoms with Gasteiger partial charge in [-0.2, -0.15) is 0 Å². The maximum atomic E-state index is 12.8. The summed E-state index contributed by atoms with van der Waals surface area (Å²) in [6, 6.07) is 0. The van der Waals surface area contributed by atoms with Gasteiger partial charge in [-0.1, -0.05) is 22.6 Å². The van der Waals surface area contributed by atoms with Crippen LogP contribution in [0.25, 0.3) is 0 Å². The van der Waals surface area contributed by atoms with Crippen LogP contribution in [0.2, 0.25) is 0 Å². The van der Waals surface area contributed by atoms with Crippen molar-refractivity contribution in [3.63, 3.8) is 0 Å². The molecule has 0 aromatic heterocycles. The number of rotatable bonds is 1. The van der Waals surface area contributed by atoms with Crippen LogP contribution in [0.4, 0.5) is 8.78 Å². The van der Waals surface area contributed by atoms with Crippen LogP contribution in [-0.4, -0.2) is 28.0 Å². The smallest absolute Gasteiger partial charge is 0.260 e. The Morgan fingerprint density at radius 2 is 2.18 bits per heavy atom. The molecule has 0 saturated carbocycles. The largest absolute Gasteiger partial charge is 0.286 e. The average molecular weight is 275 g/mol. The minimum absolute atomic E-state index is 0.0584. The Kier molecular flexibility index (Phi) is 3.08. The number of alkyl halides is 3. The van der Waals surface area contributed by atoms with Crippen molar-refractivity contribution in [3.05, 3.63) is 0 Å². The predicted molar refractivity (Wildman–Crippen MR) is 49.2 cm³/mol. The van der Waals surface area contributed by atoms with E-state index in [1.54, 1.807) is 0 Å². The molecule has 0 aromatic rings. The summed E-state index contributed by atoms with van der Waals surface area (Å²) >= 11 is 2.17. The van der Waals surface area contributed by atoms with Crippen molar-refractivity contribution in [2.75, 3.05) is 13.1 Å². The van der Waals surface area contributed by atoms with Crippen LogP contribution >= 0.6 is 22.6 Å². The lowest BCUT2D eigenvalue weighted by molar-refractivity contribution is -0.0641. The Labute approximate surface area is 79.3 Å². The highest BCUT2D eigenvalue weighted by molar-refractivity contribution is 14.1. The van der Waals surface area contributed by atoms with Gasteiger partial charge in [-0.3, -0.25) is 4.90 Å². The van der Waals surface area contributed by atoms with Gasteiger partial charge in [-0.05, 0) is 19.9 Å². The molecule has 1 rings (SSSR count). The van der Waals surface area contributed by atoms with Crippen molar-refractivity contribution in [2.24, 2.45) is 0 Å². The number of halogens is 3. The number of likely N-dealkylation sites (tertiary alicyclic amines) is 1. The first-order chi connectivity index (χ1) is 5.01. The topological polar surface area (TPSA) is 3.24 Å². The third-order valence-electron chi connectivity index (χ3n) is 1.93. The molecule has 1 aliphatic rings. The van der Waals surface area contributed by atoms with Crippen molar-refractivity contribution in [2.45, 2.75) is 29.7 Å². The summed E-state index contributed by atoms with van der Waals surface area (Å²) < 4.78 is 25.8. The molecule has 1 fully saturated rings. The van der Waals surface area contributed by atoms with E-state index in [0.717, 1.165) is 6.54 Å². The standard InChI is InChI=1S/C7H12F2IN/c1-6(10)11-4-2-3-7(8,9)5-11/h6H,2-5H2,1H3. The summed E-state index contributed by atoms with van der Waals surface area (Å²) in [6.45, 7) is 2.71. The van der Waals surface area contributed by atoms with Gasteiger partial charge in [0.15, 0.2) is 0 Å². The number of piperidine rings is 1. The van der Waals surface area contributed by atoms with E-state index in [2.05, 4.69) is 22.6 Å². The first-order valence-corrected chi connectivity index (χ1v) is 5.02. The van der Waals surface area contributed by atoms with E-state index in [-0.39, 0.29) is 17.0 Å². The van der Waals surface area contributed by atoms with Crippen LogP contribution < -0.4 is 0 Å². The molecule has 66 valence electrons. The van der Waals surface area contributed by atoms with Gasteiger partial charge in [-0.15, -0.1) is 0 Å². The Balaban J connectivity index is 2.46. The second-order valence-electron chi connectivity index (χ2n) is 3.00. The van der Waals surface area contributed by atoms with Crippen molar-refractivity contribution in [3.8, 4) is 0 Å². The predicted octanol–water partition coefficient (Wildman–Crippen LogP) is 2.50. The number of nitrogens with zero attached hydrogens (tertiary/aromatic N) is 1. The molecule has 0 aromatic carbocycles. The molecule has 0 radical (unpaired) electrons. The van der Waals surface area contributed by atoms with Crippen molar-refractivity contribution in [1.82, 2.24) is 4.90 Å². The molecule has 4 heteroatoms. The molecule has 0 amide bonds. The summed E-state index contributed by atoms with van der Waals surface area (Å²) in [4.78, 5) is 1.82. The minimum Gasteiger partial charge on any atom is -0.286 e. The van der Waals surface area contributed by atoms with Crippen LogP contribution in [-0.2, 0) is 0 Å². The van der Waals surface area contributed by atoms with Gasteiger partial charge in [0.05, 0.1) is 10.6 Å². The van der Waals surface area contributed by atoms with Crippen LogP contribution in [0.5, 0.6) is 0 Å². The fourth-order valence-corrected chi connectivity index (χ4v) is 1.78. The lowest BCUT2D eigenvalue weighted by Crippen LogP contribution is -2.44. The molecule has 1 nitrogen and oxygen atoms in total. The maximum absolute atomic E-state index is 12.8. The van der Waals surface area contributed by atoms with Crippen LogP contribution in [0.1, 0.15) is 19.8 Å². The molecule has 0 spiro atoms. The van der Waals surface area contributed by atoms with Gasteiger partial charge in [-0.25, -0.2) is 8.78 Å². The van der Waals surface area contributed by atoms with Crippen LogP contribution in [0.3, 0.4) is 0 Å². The van der Waals surface area contributed by atoms with E-state index in [0.29, 0.717) is 6.42 Å². The van der Waals surface area contributed by atoms with Gasteiger partial charge in [0.1, 0.15) is 0 Å². The summed E-state index contributed by atoms with van der Waals surface area (Å²) in [5.74, 6) is -2.45. The first-order valence-electron chi connectivity index (χ1n) is 3.77. The lowest BCUT2D eigenvalue weighted by Gasteiger charge is -2.34.